The molecule has 6 heteroatoms. The number of benzene rings is 2. The molecule has 0 spiro atoms. The van der Waals surface area contributed by atoms with E-state index in [9.17, 15) is 0 Å². The molecular weight excluding hydrogens is 296 g/mol. The Balaban J connectivity index is 1.81. The van der Waals surface area contributed by atoms with Gasteiger partial charge in [-0.05, 0) is 36.5 Å². The molecule has 0 fully saturated rings. The highest BCUT2D eigenvalue weighted by molar-refractivity contribution is 7.80. The highest BCUT2D eigenvalue weighted by Crippen LogP contribution is 2.25. The molecule has 1 aromatic heterocycles. The first-order valence-corrected chi connectivity index (χ1v) is 7.21. The summed E-state index contributed by atoms with van der Waals surface area (Å²) in [6, 6.07) is 13.6. The molecule has 0 atom stereocenters. The Labute approximate surface area is 133 Å². The van der Waals surface area contributed by atoms with Crippen molar-refractivity contribution in [2.45, 2.75) is 0 Å². The van der Waals surface area contributed by atoms with Gasteiger partial charge in [-0.15, -0.1) is 0 Å². The lowest BCUT2D eigenvalue weighted by molar-refractivity contribution is 0.417. The molecule has 0 saturated carbocycles. The van der Waals surface area contributed by atoms with Crippen LogP contribution >= 0.6 is 12.2 Å². The minimum absolute atomic E-state index is 0.501. The Hall–Kier alpha value is -2.60. The lowest BCUT2D eigenvalue weighted by Crippen LogP contribution is -2.19. The number of anilines is 2. The van der Waals surface area contributed by atoms with E-state index in [0.29, 0.717) is 5.11 Å². The smallest absolute Gasteiger partial charge is 0.175 e. The summed E-state index contributed by atoms with van der Waals surface area (Å²) >= 11 is 5.39. The number of hydrogen-bond donors (Lipinski definition) is 2. The summed E-state index contributed by atoms with van der Waals surface area (Å²) in [7, 11) is 3.55. The lowest BCUT2D eigenvalue weighted by Gasteiger charge is -2.13. The summed E-state index contributed by atoms with van der Waals surface area (Å²) in [4.78, 5) is 0. The number of methoxy groups -OCH3 is 1. The van der Waals surface area contributed by atoms with Crippen LogP contribution < -0.4 is 15.4 Å². The number of ether oxygens (including phenoxy) is 1. The van der Waals surface area contributed by atoms with Gasteiger partial charge in [-0.25, -0.2) is 0 Å². The number of thiocarbonyl (C=S) groups is 1. The molecular formula is C16H16N4OS. The van der Waals surface area contributed by atoms with Crippen molar-refractivity contribution in [3.8, 4) is 5.75 Å². The Bertz CT molecular complexity index is 828. The van der Waals surface area contributed by atoms with Crippen molar-refractivity contribution in [2.24, 2.45) is 7.05 Å². The number of rotatable bonds is 3. The van der Waals surface area contributed by atoms with Crippen LogP contribution in [0.25, 0.3) is 10.9 Å². The second-order valence-electron chi connectivity index (χ2n) is 4.79. The SMILES string of the molecule is COc1ccccc1NC(=S)Nc1cccc2c1cnn2C. The fourth-order valence-corrected chi connectivity index (χ4v) is 2.53. The molecule has 0 radical (unpaired) electrons. The minimum Gasteiger partial charge on any atom is -0.495 e. The van der Waals surface area contributed by atoms with Gasteiger partial charge in [0.2, 0.25) is 0 Å². The predicted molar refractivity (Wildman–Crippen MR) is 93.6 cm³/mol. The van der Waals surface area contributed by atoms with Gasteiger partial charge in [0.05, 0.1) is 30.2 Å². The molecule has 3 rings (SSSR count). The number of para-hydroxylation sites is 2. The standard InChI is InChI=1S/C16H16N4OS/c1-20-14-8-5-7-12(11(14)10-17-20)18-16(22)19-13-6-3-4-9-15(13)21-2/h3-10H,1-2H3,(H2,18,19,22). The van der Waals surface area contributed by atoms with Crippen molar-refractivity contribution in [1.82, 2.24) is 9.78 Å². The first-order valence-electron chi connectivity index (χ1n) is 6.81. The van der Waals surface area contributed by atoms with Gasteiger partial charge in [0.25, 0.3) is 0 Å². The molecule has 0 amide bonds. The van der Waals surface area contributed by atoms with E-state index in [4.69, 9.17) is 17.0 Å². The number of nitrogens with one attached hydrogen (secondary N) is 2. The zero-order valence-electron chi connectivity index (χ0n) is 12.3. The van der Waals surface area contributed by atoms with E-state index in [-0.39, 0.29) is 0 Å². The summed E-state index contributed by atoms with van der Waals surface area (Å²) < 4.78 is 7.14. The number of nitrogens with zero attached hydrogens (tertiary/aromatic N) is 2. The quantitative estimate of drug-likeness (QED) is 0.726. The molecule has 0 bridgehead atoms. The minimum atomic E-state index is 0.501. The van der Waals surface area contributed by atoms with Crippen molar-refractivity contribution in [3.05, 3.63) is 48.7 Å². The molecule has 0 aliphatic heterocycles. The second kappa shape index (κ2) is 6.03. The Morgan fingerprint density at radius 1 is 1.09 bits per heavy atom. The first-order chi connectivity index (χ1) is 10.7. The maximum atomic E-state index is 5.39. The van der Waals surface area contributed by atoms with Gasteiger partial charge in [-0.3, -0.25) is 4.68 Å². The van der Waals surface area contributed by atoms with E-state index in [1.165, 1.54) is 0 Å². The summed E-state index contributed by atoms with van der Waals surface area (Å²) in [6.45, 7) is 0. The van der Waals surface area contributed by atoms with Gasteiger partial charge >= 0.3 is 0 Å². The average Bonchev–Trinajstić information content (AvgIpc) is 2.90. The van der Waals surface area contributed by atoms with Crippen LogP contribution in [0.4, 0.5) is 11.4 Å². The maximum absolute atomic E-state index is 5.39. The van der Waals surface area contributed by atoms with Gasteiger partial charge in [0, 0.05) is 12.4 Å². The van der Waals surface area contributed by atoms with Crippen molar-refractivity contribution in [1.29, 1.82) is 0 Å². The molecule has 1 heterocycles. The van der Waals surface area contributed by atoms with Crippen LogP contribution in [0.3, 0.4) is 0 Å². The summed E-state index contributed by atoms with van der Waals surface area (Å²) in [5.41, 5.74) is 2.78. The second-order valence-corrected chi connectivity index (χ2v) is 5.19. The Kier molecular flexibility index (Phi) is 3.93. The van der Waals surface area contributed by atoms with Crippen molar-refractivity contribution in [2.75, 3.05) is 17.7 Å². The zero-order chi connectivity index (χ0) is 15.5. The van der Waals surface area contributed by atoms with Gasteiger partial charge in [-0.1, -0.05) is 18.2 Å². The predicted octanol–water partition coefficient (Wildman–Crippen LogP) is 3.39. The molecule has 0 aliphatic carbocycles. The van der Waals surface area contributed by atoms with Gasteiger partial charge < -0.3 is 15.4 Å². The fourth-order valence-electron chi connectivity index (χ4n) is 2.31. The van der Waals surface area contributed by atoms with E-state index in [2.05, 4.69) is 15.7 Å². The highest BCUT2D eigenvalue weighted by atomic mass is 32.1. The topological polar surface area (TPSA) is 51.1 Å². The van der Waals surface area contributed by atoms with Crippen molar-refractivity contribution < 1.29 is 4.74 Å². The van der Waals surface area contributed by atoms with Gasteiger partial charge in [0.15, 0.2) is 5.11 Å². The number of hydrogen-bond acceptors (Lipinski definition) is 3. The van der Waals surface area contributed by atoms with Crippen LogP contribution in [0.5, 0.6) is 5.75 Å². The third-order valence-corrected chi connectivity index (χ3v) is 3.60. The fraction of sp³-hybridized carbons (Fsp3) is 0.125. The maximum Gasteiger partial charge on any atom is 0.175 e. The molecule has 22 heavy (non-hydrogen) atoms. The Morgan fingerprint density at radius 3 is 2.64 bits per heavy atom. The van der Waals surface area contributed by atoms with Crippen LogP contribution in [0.15, 0.2) is 48.7 Å². The molecule has 0 saturated heterocycles. The molecule has 3 aromatic rings. The highest BCUT2D eigenvalue weighted by Gasteiger charge is 2.08. The molecule has 0 aliphatic rings. The van der Waals surface area contributed by atoms with E-state index in [1.807, 2.05) is 60.4 Å². The first kappa shape index (κ1) is 14.3. The van der Waals surface area contributed by atoms with Gasteiger partial charge in [0.1, 0.15) is 5.75 Å². The van der Waals surface area contributed by atoms with Crippen molar-refractivity contribution in [3.63, 3.8) is 0 Å². The van der Waals surface area contributed by atoms with E-state index < -0.39 is 0 Å². The van der Waals surface area contributed by atoms with Gasteiger partial charge in [-0.2, -0.15) is 5.10 Å². The van der Waals surface area contributed by atoms with E-state index in [1.54, 1.807) is 7.11 Å². The Morgan fingerprint density at radius 2 is 1.82 bits per heavy atom. The van der Waals surface area contributed by atoms with E-state index in [0.717, 1.165) is 28.0 Å². The summed E-state index contributed by atoms with van der Waals surface area (Å²) in [6.07, 6.45) is 1.82. The lowest BCUT2D eigenvalue weighted by atomic mass is 10.2. The number of fused-ring (bicyclic) bond motifs is 1. The third kappa shape index (κ3) is 2.73. The largest absolute Gasteiger partial charge is 0.495 e. The van der Waals surface area contributed by atoms with Crippen LogP contribution in [0.2, 0.25) is 0 Å². The molecule has 2 aromatic carbocycles. The summed E-state index contributed by atoms with van der Waals surface area (Å²) in [5, 5.41) is 12.2. The van der Waals surface area contributed by atoms with Crippen LogP contribution in [-0.2, 0) is 7.05 Å². The normalized spacial score (nSPS) is 10.5. The zero-order valence-corrected chi connectivity index (χ0v) is 13.1. The monoisotopic (exact) mass is 312 g/mol. The van der Waals surface area contributed by atoms with E-state index >= 15 is 0 Å². The molecule has 0 unspecified atom stereocenters. The molecule has 2 N–H and O–H groups in total. The summed E-state index contributed by atoms with van der Waals surface area (Å²) in [5.74, 6) is 0.742. The number of aromatic nitrogens is 2. The van der Waals surface area contributed by atoms with Crippen LogP contribution in [0.1, 0.15) is 0 Å². The van der Waals surface area contributed by atoms with Crippen LogP contribution in [-0.4, -0.2) is 22.0 Å². The molecule has 5 nitrogen and oxygen atoms in total. The molecule has 112 valence electrons. The van der Waals surface area contributed by atoms with Crippen LogP contribution in [0, 0.1) is 0 Å². The number of aryl methyl sites for hydroxylation is 1. The average molecular weight is 312 g/mol. The third-order valence-electron chi connectivity index (χ3n) is 3.40. The van der Waals surface area contributed by atoms with Crippen molar-refractivity contribution >= 4 is 39.6 Å².